The van der Waals surface area contributed by atoms with Crippen molar-refractivity contribution in [3.63, 3.8) is 0 Å². The molecule has 104 valence electrons. The van der Waals surface area contributed by atoms with Crippen LogP contribution in [0, 0.1) is 6.92 Å². The topological polar surface area (TPSA) is 90.7 Å². The Balaban J connectivity index is 2.14. The van der Waals surface area contributed by atoms with E-state index in [0.717, 1.165) is 24.8 Å². The summed E-state index contributed by atoms with van der Waals surface area (Å²) in [5.74, 6) is 0.501. The van der Waals surface area contributed by atoms with E-state index in [1.54, 1.807) is 12.1 Å². The Morgan fingerprint density at radius 1 is 1.16 bits per heavy atom. The van der Waals surface area contributed by atoms with Crippen LogP contribution in [0.1, 0.15) is 31.2 Å². The number of benzene rings is 1. The van der Waals surface area contributed by atoms with Crippen LogP contribution in [0.25, 0.3) is 0 Å². The van der Waals surface area contributed by atoms with Gasteiger partial charge in [0.25, 0.3) is 0 Å². The highest BCUT2D eigenvalue weighted by molar-refractivity contribution is 5.75. The maximum atomic E-state index is 11.5. The minimum atomic E-state index is -0.203. The Hall–Kier alpha value is -2.04. The normalized spacial score (nSPS) is 9.95. The lowest BCUT2D eigenvalue weighted by molar-refractivity contribution is -0.134. The van der Waals surface area contributed by atoms with Gasteiger partial charge in [-0.3, -0.25) is 9.79 Å². The average molecular weight is 263 g/mol. The van der Waals surface area contributed by atoms with Crippen LogP contribution in [0.15, 0.2) is 29.3 Å². The number of carbonyl (C=O) groups excluding carboxylic acids is 1. The molecule has 0 aromatic heterocycles. The number of guanidine groups is 1. The summed E-state index contributed by atoms with van der Waals surface area (Å²) >= 11 is 0. The molecule has 0 unspecified atom stereocenters. The molecule has 0 aliphatic rings. The molecule has 0 spiro atoms. The summed E-state index contributed by atoms with van der Waals surface area (Å²) in [5, 5.41) is 0. The molecule has 19 heavy (non-hydrogen) atoms. The molecule has 0 heterocycles. The number of unbranched alkanes of at least 4 members (excludes halogenated alkanes) is 2. The Labute approximate surface area is 113 Å². The molecule has 0 atom stereocenters. The van der Waals surface area contributed by atoms with Crippen molar-refractivity contribution in [1.29, 1.82) is 0 Å². The second-order valence-corrected chi connectivity index (χ2v) is 4.40. The number of hydrogen-bond acceptors (Lipinski definition) is 3. The van der Waals surface area contributed by atoms with Gasteiger partial charge < -0.3 is 16.2 Å². The van der Waals surface area contributed by atoms with E-state index in [2.05, 4.69) is 4.99 Å². The van der Waals surface area contributed by atoms with Crippen molar-refractivity contribution in [2.75, 3.05) is 6.54 Å². The molecule has 0 saturated carbocycles. The van der Waals surface area contributed by atoms with E-state index >= 15 is 0 Å². The maximum Gasteiger partial charge on any atom is 0.311 e. The molecule has 0 amide bonds. The zero-order valence-corrected chi connectivity index (χ0v) is 11.3. The minimum absolute atomic E-state index is 0.110. The monoisotopic (exact) mass is 263 g/mol. The Kier molecular flexibility index (Phi) is 6.43. The Bertz CT molecular complexity index is 423. The predicted octanol–water partition coefficient (Wildman–Crippen LogP) is 1.73. The number of nitrogens with zero attached hydrogens (tertiary/aromatic N) is 1. The Morgan fingerprint density at radius 3 is 2.47 bits per heavy atom. The van der Waals surface area contributed by atoms with E-state index in [0.29, 0.717) is 18.7 Å². The molecule has 0 aliphatic carbocycles. The molecular formula is C14H21N3O2. The van der Waals surface area contributed by atoms with Gasteiger partial charge in [-0.15, -0.1) is 0 Å². The van der Waals surface area contributed by atoms with Crippen molar-refractivity contribution >= 4 is 11.9 Å². The first-order valence-electron chi connectivity index (χ1n) is 6.40. The van der Waals surface area contributed by atoms with Crippen LogP contribution in [0.2, 0.25) is 0 Å². The number of esters is 1. The number of nitrogens with two attached hydrogens (primary N) is 2. The number of aryl methyl sites for hydroxylation is 1. The number of aliphatic imine (C=N–C) groups is 1. The van der Waals surface area contributed by atoms with Gasteiger partial charge in [0.15, 0.2) is 5.96 Å². The van der Waals surface area contributed by atoms with Crippen LogP contribution < -0.4 is 16.2 Å². The van der Waals surface area contributed by atoms with E-state index in [-0.39, 0.29) is 11.9 Å². The van der Waals surface area contributed by atoms with Crippen LogP contribution in [0.3, 0.4) is 0 Å². The quantitative estimate of drug-likeness (QED) is 0.258. The van der Waals surface area contributed by atoms with Crippen molar-refractivity contribution < 1.29 is 9.53 Å². The molecule has 1 aromatic carbocycles. The fourth-order valence-electron chi connectivity index (χ4n) is 1.55. The summed E-state index contributed by atoms with van der Waals surface area (Å²) in [6.07, 6.45) is 2.97. The molecular weight excluding hydrogens is 242 g/mol. The summed E-state index contributed by atoms with van der Waals surface area (Å²) in [5.41, 5.74) is 11.5. The van der Waals surface area contributed by atoms with Gasteiger partial charge in [0.05, 0.1) is 0 Å². The molecule has 5 nitrogen and oxygen atoms in total. The minimum Gasteiger partial charge on any atom is -0.427 e. The second kappa shape index (κ2) is 8.13. The van der Waals surface area contributed by atoms with Crippen molar-refractivity contribution in [2.24, 2.45) is 16.5 Å². The number of carbonyl (C=O) groups is 1. The van der Waals surface area contributed by atoms with Gasteiger partial charge >= 0.3 is 5.97 Å². The van der Waals surface area contributed by atoms with Crippen molar-refractivity contribution in [3.8, 4) is 5.75 Å². The van der Waals surface area contributed by atoms with Crippen molar-refractivity contribution in [2.45, 2.75) is 32.6 Å². The summed E-state index contributed by atoms with van der Waals surface area (Å²) in [7, 11) is 0. The van der Waals surface area contributed by atoms with Gasteiger partial charge in [-0.1, -0.05) is 24.1 Å². The zero-order chi connectivity index (χ0) is 14.1. The lowest BCUT2D eigenvalue weighted by Crippen LogP contribution is -2.22. The summed E-state index contributed by atoms with van der Waals surface area (Å²) in [6, 6.07) is 7.42. The van der Waals surface area contributed by atoms with Crippen LogP contribution >= 0.6 is 0 Å². The molecule has 0 bridgehead atoms. The molecule has 0 aliphatic heterocycles. The fraction of sp³-hybridized carbons (Fsp3) is 0.429. The first kappa shape index (κ1) is 15.0. The summed E-state index contributed by atoms with van der Waals surface area (Å²) < 4.78 is 5.21. The number of hydrogen-bond donors (Lipinski definition) is 2. The third-order valence-corrected chi connectivity index (χ3v) is 2.59. The lowest BCUT2D eigenvalue weighted by Gasteiger charge is -2.04. The van der Waals surface area contributed by atoms with E-state index < -0.39 is 0 Å². The van der Waals surface area contributed by atoms with Crippen molar-refractivity contribution in [1.82, 2.24) is 0 Å². The van der Waals surface area contributed by atoms with E-state index in [4.69, 9.17) is 16.2 Å². The third kappa shape index (κ3) is 7.08. The molecule has 4 N–H and O–H groups in total. The second-order valence-electron chi connectivity index (χ2n) is 4.40. The smallest absolute Gasteiger partial charge is 0.311 e. The molecule has 5 heteroatoms. The SMILES string of the molecule is Cc1ccc(OC(=O)CCCCCN=C(N)N)cc1. The van der Waals surface area contributed by atoms with Gasteiger partial charge in [-0.05, 0) is 31.9 Å². The van der Waals surface area contributed by atoms with Gasteiger partial charge in [0.1, 0.15) is 5.75 Å². The van der Waals surface area contributed by atoms with E-state index in [1.807, 2.05) is 19.1 Å². The highest BCUT2D eigenvalue weighted by atomic mass is 16.5. The zero-order valence-electron chi connectivity index (χ0n) is 11.3. The third-order valence-electron chi connectivity index (χ3n) is 2.59. The fourth-order valence-corrected chi connectivity index (χ4v) is 1.55. The largest absolute Gasteiger partial charge is 0.427 e. The lowest BCUT2D eigenvalue weighted by atomic mass is 10.2. The standard InChI is InChI=1S/C14H21N3O2/c1-11-6-8-12(9-7-11)19-13(18)5-3-2-4-10-17-14(15)16/h6-9H,2-5,10H2,1H3,(H4,15,16,17). The van der Waals surface area contributed by atoms with Crippen LogP contribution in [0.4, 0.5) is 0 Å². The predicted molar refractivity (Wildman–Crippen MR) is 76.0 cm³/mol. The van der Waals surface area contributed by atoms with Gasteiger partial charge in [0.2, 0.25) is 0 Å². The van der Waals surface area contributed by atoms with Crippen LogP contribution in [-0.4, -0.2) is 18.5 Å². The average Bonchev–Trinajstić information content (AvgIpc) is 2.36. The van der Waals surface area contributed by atoms with Gasteiger partial charge in [-0.25, -0.2) is 0 Å². The number of rotatable bonds is 7. The molecule has 0 saturated heterocycles. The maximum absolute atomic E-state index is 11.5. The number of ether oxygens (including phenoxy) is 1. The highest BCUT2D eigenvalue weighted by Crippen LogP contribution is 2.13. The van der Waals surface area contributed by atoms with Crippen molar-refractivity contribution in [3.05, 3.63) is 29.8 Å². The van der Waals surface area contributed by atoms with Gasteiger partial charge in [0, 0.05) is 13.0 Å². The molecule has 1 rings (SSSR count). The molecule has 0 fully saturated rings. The first-order chi connectivity index (χ1) is 9.08. The van der Waals surface area contributed by atoms with E-state index in [9.17, 15) is 4.79 Å². The van der Waals surface area contributed by atoms with Crippen LogP contribution in [0.5, 0.6) is 5.75 Å². The molecule has 1 aromatic rings. The summed E-state index contributed by atoms with van der Waals surface area (Å²) in [4.78, 5) is 15.4. The molecule has 0 radical (unpaired) electrons. The highest BCUT2D eigenvalue weighted by Gasteiger charge is 2.04. The van der Waals surface area contributed by atoms with E-state index in [1.165, 1.54) is 0 Å². The Morgan fingerprint density at radius 2 is 1.84 bits per heavy atom. The first-order valence-corrected chi connectivity index (χ1v) is 6.40. The van der Waals surface area contributed by atoms with Crippen LogP contribution in [-0.2, 0) is 4.79 Å². The van der Waals surface area contributed by atoms with Gasteiger partial charge in [-0.2, -0.15) is 0 Å². The summed E-state index contributed by atoms with van der Waals surface area (Å²) in [6.45, 7) is 2.59.